The number of benzene rings is 1. The molecule has 0 N–H and O–H groups in total. The molecule has 1 aromatic heterocycles. The minimum Gasteiger partial charge on any atom is -0.378 e. The standard InChI is InChI=1S/C19H21F3N4O2/c1-24-3-2-4-26-16(11-24)17(19(27)25-5-7-28-8-6-25)23-18(26)12-9-14(21)15(22)10-13(12)20/h9-10H,2-8,11H2,1H3. The lowest BCUT2D eigenvalue weighted by Crippen LogP contribution is -2.41. The zero-order valence-electron chi connectivity index (χ0n) is 15.6. The van der Waals surface area contributed by atoms with Gasteiger partial charge in [0.05, 0.1) is 24.5 Å². The van der Waals surface area contributed by atoms with E-state index < -0.39 is 17.5 Å². The van der Waals surface area contributed by atoms with E-state index in [1.807, 2.05) is 7.05 Å². The molecule has 2 aromatic rings. The Bertz CT molecular complexity index is 909. The van der Waals surface area contributed by atoms with Gasteiger partial charge in [0.15, 0.2) is 17.3 Å². The number of amides is 1. The predicted octanol–water partition coefficient (Wildman–Crippen LogP) is 2.28. The number of imidazole rings is 1. The zero-order chi connectivity index (χ0) is 19.8. The maximum Gasteiger partial charge on any atom is 0.274 e. The van der Waals surface area contributed by atoms with Gasteiger partial charge in [0, 0.05) is 32.2 Å². The van der Waals surface area contributed by atoms with Gasteiger partial charge in [0.1, 0.15) is 11.6 Å². The van der Waals surface area contributed by atoms with Crippen molar-refractivity contribution in [1.82, 2.24) is 19.4 Å². The number of carbonyl (C=O) groups is 1. The summed E-state index contributed by atoms with van der Waals surface area (Å²) in [7, 11) is 1.93. The second kappa shape index (κ2) is 7.56. The quantitative estimate of drug-likeness (QED) is 0.734. The Morgan fingerprint density at radius 1 is 1.04 bits per heavy atom. The summed E-state index contributed by atoms with van der Waals surface area (Å²) in [5.41, 5.74) is 0.746. The van der Waals surface area contributed by atoms with Crippen LogP contribution in [0.1, 0.15) is 22.6 Å². The van der Waals surface area contributed by atoms with Crippen molar-refractivity contribution in [3.8, 4) is 11.4 Å². The van der Waals surface area contributed by atoms with Crippen LogP contribution in [0.25, 0.3) is 11.4 Å². The highest BCUT2D eigenvalue weighted by atomic mass is 19.2. The highest BCUT2D eigenvalue weighted by Gasteiger charge is 2.30. The molecule has 0 atom stereocenters. The third kappa shape index (κ3) is 3.40. The summed E-state index contributed by atoms with van der Waals surface area (Å²) >= 11 is 0. The van der Waals surface area contributed by atoms with Crippen molar-refractivity contribution < 1.29 is 22.7 Å². The highest BCUT2D eigenvalue weighted by molar-refractivity contribution is 5.94. The molecule has 2 aliphatic heterocycles. The molecule has 0 aliphatic carbocycles. The first kappa shape index (κ1) is 18.9. The molecule has 1 amide bonds. The molecule has 1 aromatic carbocycles. The van der Waals surface area contributed by atoms with Crippen LogP contribution in [-0.4, -0.2) is 65.2 Å². The van der Waals surface area contributed by atoms with Crippen molar-refractivity contribution >= 4 is 5.91 Å². The molecule has 150 valence electrons. The molecule has 1 saturated heterocycles. The molecule has 6 nitrogen and oxygen atoms in total. The van der Waals surface area contributed by atoms with Gasteiger partial charge in [-0.3, -0.25) is 4.79 Å². The Hall–Kier alpha value is -2.39. The van der Waals surface area contributed by atoms with Crippen LogP contribution in [0.4, 0.5) is 13.2 Å². The first-order valence-corrected chi connectivity index (χ1v) is 9.25. The molecule has 0 spiro atoms. The van der Waals surface area contributed by atoms with Crippen LogP contribution < -0.4 is 0 Å². The molecule has 0 bridgehead atoms. The number of morpholine rings is 1. The number of ether oxygens (including phenoxy) is 1. The summed E-state index contributed by atoms with van der Waals surface area (Å²) in [6.45, 7) is 3.58. The number of fused-ring (bicyclic) bond motifs is 1. The Balaban J connectivity index is 1.84. The van der Waals surface area contributed by atoms with Gasteiger partial charge in [-0.05, 0) is 26.1 Å². The maximum absolute atomic E-state index is 14.4. The van der Waals surface area contributed by atoms with Crippen LogP contribution in [0.3, 0.4) is 0 Å². The predicted molar refractivity (Wildman–Crippen MR) is 95.2 cm³/mol. The Kier molecular flexibility index (Phi) is 5.11. The van der Waals surface area contributed by atoms with Crippen LogP contribution in [0, 0.1) is 17.5 Å². The van der Waals surface area contributed by atoms with E-state index in [0.717, 1.165) is 19.0 Å². The summed E-state index contributed by atoms with van der Waals surface area (Å²) in [6, 6.07) is 1.32. The van der Waals surface area contributed by atoms with Gasteiger partial charge in [-0.2, -0.15) is 0 Å². The monoisotopic (exact) mass is 394 g/mol. The van der Waals surface area contributed by atoms with Crippen molar-refractivity contribution in [3.63, 3.8) is 0 Å². The van der Waals surface area contributed by atoms with E-state index in [1.165, 1.54) is 0 Å². The number of aromatic nitrogens is 2. The van der Waals surface area contributed by atoms with E-state index in [2.05, 4.69) is 9.88 Å². The summed E-state index contributed by atoms with van der Waals surface area (Å²) in [5.74, 6) is -3.42. The van der Waals surface area contributed by atoms with Crippen LogP contribution in [0.5, 0.6) is 0 Å². The lowest BCUT2D eigenvalue weighted by Gasteiger charge is -2.26. The molecule has 28 heavy (non-hydrogen) atoms. The van der Waals surface area contributed by atoms with Gasteiger partial charge in [-0.25, -0.2) is 18.2 Å². The largest absolute Gasteiger partial charge is 0.378 e. The number of carbonyl (C=O) groups excluding carboxylic acids is 1. The highest BCUT2D eigenvalue weighted by Crippen LogP contribution is 2.30. The molecule has 3 heterocycles. The Morgan fingerprint density at radius 2 is 1.75 bits per heavy atom. The van der Waals surface area contributed by atoms with Crippen molar-refractivity contribution in [2.75, 3.05) is 39.9 Å². The molecule has 4 rings (SSSR count). The summed E-state index contributed by atoms with van der Waals surface area (Å²) < 4.78 is 48.7. The molecule has 0 radical (unpaired) electrons. The van der Waals surface area contributed by atoms with E-state index >= 15 is 0 Å². The van der Waals surface area contributed by atoms with Gasteiger partial charge in [0.25, 0.3) is 5.91 Å². The number of nitrogens with zero attached hydrogens (tertiary/aromatic N) is 4. The van der Waals surface area contributed by atoms with Gasteiger partial charge >= 0.3 is 0 Å². The lowest BCUT2D eigenvalue weighted by atomic mass is 10.2. The van der Waals surface area contributed by atoms with Crippen LogP contribution >= 0.6 is 0 Å². The minimum absolute atomic E-state index is 0.147. The van der Waals surface area contributed by atoms with Crippen molar-refractivity contribution in [3.05, 3.63) is 41.0 Å². The molecular weight excluding hydrogens is 373 g/mol. The first-order valence-electron chi connectivity index (χ1n) is 9.25. The van der Waals surface area contributed by atoms with E-state index in [0.29, 0.717) is 51.2 Å². The van der Waals surface area contributed by atoms with E-state index in [1.54, 1.807) is 9.47 Å². The topological polar surface area (TPSA) is 50.6 Å². The SMILES string of the molecule is CN1CCCn2c(-c3cc(F)c(F)cc3F)nc(C(=O)N3CCOCC3)c2C1. The summed E-state index contributed by atoms with van der Waals surface area (Å²) in [4.78, 5) is 21.2. The summed E-state index contributed by atoms with van der Waals surface area (Å²) in [6.07, 6.45) is 0.767. The summed E-state index contributed by atoms with van der Waals surface area (Å²) in [5, 5.41) is 0. The van der Waals surface area contributed by atoms with Crippen molar-refractivity contribution in [1.29, 1.82) is 0 Å². The third-order valence-electron chi connectivity index (χ3n) is 5.17. The Morgan fingerprint density at radius 3 is 2.50 bits per heavy atom. The van der Waals surface area contributed by atoms with Crippen LogP contribution in [-0.2, 0) is 17.8 Å². The van der Waals surface area contributed by atoms with Gasteiger partial charge in [-0.15, -0.1) is 0 Å². The zero-order valence-corrected chi connectivity index (χ0v) is 15.6. The van der Waals surface area contributed by atoms with E-state index in [4.69, 9.17) is 4.74 Å². The molecule has 0 saturated carbocycles. The number of hydrogen-bond donors (Lipinski definition) is 0. The molecule has 9 heteroatoms. The molecular formula is C19H21F3N4O2. The van der Waals surface area contributed by atoms with Crippen LogP contribution in [0.15, 0.2) is 12.1 Å². The Labute approximate surface area is 160 Å². The maximum atomic E-state index is 14.4. The van der Waals surface area contributed by atoms with Gasteiger partial charge in [0.2, 0.25) is 0 Å². The molecule has 0 unspecified atom stereocenters. The number of rotatable bonds is 2. The van der Waals surface area contributed by atoms with Crippen LogP contribution in [0.2, 0.25) is 0 Å². The number of halogens is 3. The molecule has 1 fully saturated rings. The van der Waals surface area contributed by atoms with E-state index in [-0.39, 0.29) is 23.0 Å². The second-order valence-corrected chi connectivity index (χ2v) is 7.12. The average molecular weight is 394 g/mol. The second-order valence-electron chi connectivity index (χ2n) is 7.12. The van der Waals surface area contributed by atoms with E-state index in [9.17, 15) is 18.0 Å². The van der Waals surface area contributed by atoms with Crippen molar-refractivity contribution in [2.45, 2.75) is 19.5 Å². The normalized spacial score (nSPS) is 18.1. The first-order chi connectivity index (χ1) is 13.5. The molecule has 2 aliphatic rings. The fourth-order valence-corrected chi connectivity index (χ4v) is 3.71. The fraction of sp³-hybridized carbons (Fsp3) is 0.474. The van der Waals surface area contributed by atoms with Gasteiger partial charge in [-0.1, -0.05) is 0 Å². The average Bonchev–Trinajstić information content (AvgIpc) is 2.90. The fourth-order valence-electron chi connectivity index (χ4n) is 3.71. The smallest absolute Gasteiger partial charge is 0.274 e. The van der Waals surface area contributed by atoms with Crippen molar-refractivity contribution in [2.24, 2.45) is 0 Å². The van der Waals surface area contributed by atoms with Gasteiger partial charge < -0.3 is 19.1 Å². The third-order valence-corrected chi connectivity index (χ3v) is 5.17. The lowest BCUT2D eigenvalue weighted by molar-refractivity contribution is 0.0298. The minimum atomic E-state index is -1.26. The number of hydrogen-bond acceptors (Lipinski definition) is 4.